The lowest BCUT2D eigenvalue weighted by Crippen LogP contribution is -2.31. The zero-order valence-electron chi connectivity index (χ0n) is 21.5. The average Bonchev–Trinajstić information content (AvgIpc) is 3.00. The highest BCUT2D eigenvalue weighted by molar-refractivity contribution is 5.75. The van der Waals surface area contributed by atoms with Gasteiger partial charge in [-0.05, 0) is 60.7 Å². The van der Waals surface area contributed by atoms with Crippen LogP contribution in [0.15, 0.2) is 91.0 Å². The van der Waals surface area contributed by atoms with Crippen molar-refractivity contribution in [3.63, 3.8) is 0 Å². The SMILES string of the molecule is c1ccc(COc2ccc(N3CCOc4c(C5CCNCC5)cccc43)c(OCc3ccccc3)n2)cc1. The number of ether oxygens (including phenoxy) is 3. The number of nitrogens with one attached hydrogen (secondary N) is 1. The molecule has 0 aliphatic carbocycles. The number of piperidine rings is 1. The molecule has 0 atom stereocenters. The molecule has 0 spiro atoms. The maximum Gasteiger partial charge on any atom is 0.241 e. The maximum atomic E-state index is 6.35. The Labute approximate surface area is 224 Å². The molecule has 38 heavy (non-hydrogen) atoms. The fourth-order valence-corrected chi connectivity index (χ4v) is 5.24. The normalized spacial score (nSPS) is 15.4. The van der Waals surface area contributed by atoms with E-state index >= 15 is 0 Å². The molecule has 0 unspecified atom stereocenters. The van der Waals surface area contributed by atoms with E-state index in [9.17, 15) is 0 Å². The van der Waals surface area contributed by atoms with Crippen LogP contribution in [0.25, 0.3) is 0 Å². The van der Waals surface area contributed by atoms with Crippen molar-refractivity contribution in [1.29, 1.82) is 0 Å². The number of para-hydroxylation sites is 1. The smallest absolute Gasteiger partial charge is 0.241 e. The molecule has 2 aliphatic heterocycles. The summed E-state index contributed by atoms with van der Waals surface area (Å²) in [5, 5.41) is 3.47. The first kappa shape index (κ1) is 24.3. The summed E-state index contributed by atoms with van der Waals surface area (Å²) in [5.41, 5.74) is 5.47. The minimum absolute atomic E-state index is 0.426. The van der Waals surface area contributed by atoms with Gasteiger partial charge in [-0.1, -0.05) is 72.8 Å². The van der Waals surface area contributed by atoms with Crippen molar-refractivity contribution in [2.24, 2.45) is 0 Å². The molecule has 0 radical (unpaired) electrons. The third-order valence-electron chi connectivity index (χ3n) is 7.21. The van der Waals surface area contributed by atoms with E-state index in [1.807, 2.05) is 54.6 Å². The van der Waals surface area contributed by atoms with Gasteiger partial charge >= 0.3 is 0 Å². The molecular weight excluding hydrogens is 474 g/mol. The molecule has 1 fully saturated rings. The van der Waals surface area contributed by atoms with Crippen LogP contribution in [0.4, 0.5) is 11.4 Å². The van der Waals surface area contributed by atoms with Crippen molar-refractivity contribution in [2.75, 3.05) is 31.1 Å². The monoisotopic (exact) mass is 507 g/mol. The van der Waals surface area contributed by atoms with Gasteiger partial charge in [-0.3, -0.25) is 0 Å². The van der Waals surface area contributed by atoms with E-state index in [4.69, 9.17) is 19.2 Å². The van der Waals surface area contributed by atoms with Crippen LogP contribution in [-0.4, -0.2) is 31.2 Å². The van der Waals surface area contributed by atoms with Crippen LogP contribution in [0.2, 0.25) is 0 Å². The number of aromatic nitrogens is 1. The van der Waals surface area contributed by atoms with Crippen LogP contribution in [0, 0.1) is 0 Å². The number of rotatable bonds is 8. The Kier molecular flexibility index (Phi) is 7.40. The molecule has 3 heterocycles. The first-order valence-electron chi connectivity index (χ1n) is 13.4. The Hall–Kier alpha value is -4.03. The lowest BCUT2D eigenvalue weighted by Gasteiger charge is -2.35. The maximum absolute atomic E-state index is 6.35. The topological polar surface area (TPSA) is 55.9 Å². The molecule has 2 aliphatic rings. The molecule has 6 nitrogen and oxygen atoms in total. The summed E-state index contributed by atoms with van der Waals surface area (Å²) in [6.07, 6.45) is 2.25. The van der Waals surface area contributed by atoms with E-state index in [2.05, 4.69) is 46.6 Å². The number of pyridine rings is 1. The number of anilines is 2. The first-order chi connectivity index (χ1) is 18.8. The lowest BCUT2D eigenvalue weighted by atomic mass is 9.89. The van der Waals surface area contributed by atoms with Gasteiger partial charge in [0.25, 0.3) is 0 Å². The molecule has 6 heteroatoms. The highest BCUT2D eigenvalue weighted by Gasteiger charge is 2.28. The Morgan fingerprint density at radius 3 is 2.21 bits per heavy atom. The van der Waals surface area contributed by atoms with Gasteiger partial charge in [-0.2, -0.15) is 4.98 Å². The van der Waals surface area contributed by atoms with Crippen molar-refractivity contribution < 1.29 is 14.2 Å². The average molecular weight is 508 g/mol. The summed E-state index contributed by atoms with van der Waals surface area (Å²) in [4.78, 5) is 7.10. The van der Waals surface area contributed by atoms with E-state index in [0.29, 0.717) is 37.5 Å². The number of benzene rings is 3. The van der Waals surface area contributed by atoms with Gasteiger partial charge in [0.2, 0.25) is 11.8 Å². The fraction of sp³-hybridized carbons (Fsp3) is 0.281. The lowest BCUT2D eigenvalue weighted by molar-refractivity contribution is 0.267. The highest BCUT2D eigenvalue weighted by atomic mass is 16.5. The van der Waals surface area contributed by atoms with Crippen molar-refractivity contribution in [3.8, 4) is 17.5 Å². The second kappa shape index (κ2) is 11.6. The number of nitrogens with zero attached hydrogens (tertiary/aromatic N) is 2. The Morgan fingerprint density at radius 1 is 0.763 bits per heavy atom. The third kappa shape index (κ3) is 5.46. The molecule has 0 amide bonds. The molecule has 1 aromatic heterocycles. The molecule has 0 saturated carbocycles. The fourth-order valence-electron chi connectivity index (χ4n) is 5.24. The number of fused-ring (bicyclic) bond motifs is 1. The second-order valence-corrected chi connectivity index (χ2v) is 9.74. The number of hydrogen-bond acceptors (Lipinski definition) is 6. The van der Waals surface area contributed by atoms with Gasteiger partial charge in [0.05, 0.1) is 12.2 Å². The predicted octanol–water partition coefficient (Wildman–Crippen LogP) is 6.24. The van der Waals surface area contributed by atoms with Crippen LogP contribution < -0.4 is 24.4 Å². The van der Waals surface area contributed by atoms with Gasteiger partial charge in [0, 0.05) is 6.07 Å². The molecule has 1 saturated heterocycles. The van der Waals surface area contributed by atoms with E-state index in [0.717, 1.165) is 60.7 Å². The quantitative estimate of drug-likeness (QED) is 0.305. The summed E-state index contributed by atoms with van der Waals surface area (Å²) in [6.45, 7) is 4.30. The van der Waals surface area contributed by atoms with E-state index in [1.54, 1.807) is 0 Å². The van der Waals surface area contributed by atoms with Crippen molar-refractivity contribution in [3.05, 3.63) is 108 Å². The third-order valence-corrected chi connectivity index (χ3v) is 7.21. The molecular formula is C32H33N3O3. The largest absolute Gasteiger partial charge is 0.489 e. The molecule has 3 aromatic carbocycles. The Bertz CT molecular complexity index is 1340. The molecule has 6 rings (SSSR count). The van der Waals surface area contributed by atoms with Gasteiger partial charge in [0.1, 0.15) is 31.3 Å². The van der Waals surface area contributed by atoms with Crippen LogP contribution >= 0.6 is 0 Å². The van der Waals surface area contributed by atoms with Gasteiger partial charge < -0.3 is 24.4 Å². The van der Waals surface area contributed by atoms with Crippen molar-refractivity contribution in [1.82, 2.24) is 10.3 Å². The van der Waals surface area contributed by atoms with Crippen molar-refractivity contribution in [2.45, 2.75) is 32.0 Å². The zero-order valence-corrected chi connectivity index (χ0v) is 21.5. The minimum atomic E-state index is 0.426. The summed E-state index contributed by atoms with van der Waals surface area (Å²) >= 11 is 0. The van der Waals surface area contributed by atoms with E-state index in [1.165, 1.54) is 5.56 Å². The summed E-state index contributed by atoms with van der Waals surface area (Å²) in [5.74, 6) is 2.59. The molecule has 0 bridgehead atoms. The van der Waals surface area contributed by atoms with Crippen LogP contribution in [0.5, 0.6) is 17.5 Å². The van der Waals surface area contributed by atoms with Gasteiger partial charge in [-0.25, -0.2) is 0 Å². The first-order valence-corrected chi connectivity index (χ1v) is 13.4. The molecule has 194 valence electrons. The van der Waals surface area contributed by atoms with Gasteiger partial charge in [0.15, 0.2) is 0 Å². The summed E-state index contributed by atoms with van der Waals surface area (Å²) in [7, 11) is 0. The van der Waals surface area contributed by atoms with E-state index in [-0.39, 0.29) is 0 Å². The zero-order chi connectivity index (χ0) is 25.6. The summed E-state index contributed by atoms with van der Waals surface area (Å²) in [6, 6.07) is 30.8. The molecule has 1 N–H and O–H groups in total. The standard InChI is InChI=1S/C32H33N3O3/c1-3-8-24(9-4-1)22-37-30-15-14-29(32(34-30)38-23-25-10-5-2-6-11-25)35-20-21-36-31-27(12-7-13-28(31)35)26-16-18-33-19-17-26/h1-15,26,33H,16-23H2. The molecule has 4 aromatic rings. The van der Waals surface area contributed by atoms with Gasteiger partial charge in [-0.15, -0.1) is 0 Å². The van der Waals surface area contributed by atoms with Crippen molar-refractivity contribution >= 4 is 11.4 Å². The van der Waals surface area contributed by atoms with E-state index < -0.39 is 0 Å². The van der Waals surface area contributed by atoms with Crippen LogP contribution in [0.1, 0.15) is 35.4 Å². The predicted molar refractivity (Wildman–Crippen MR) is 150 cm³/mol. The number of hydrogen-bond donors (Lipinski definition) is 1. The Morgan fingerprint density at radius 2 is 1.47 bits per heavy atom. The van der Waals surface area contributed by atoms with Crippen LogP contribution in [-0.2, 0) is 13.2 Å². The second-order valence-electron chi connectivity index (χ2n) is 9.74. The Balaban J connectivity index is 1.31. The summed E-state index contributed by atoms with van der Waals surface area (Å²) < 4.78 is 18.7. The minimum Gasteiger partial charge on any atom is -0.489 e. The highest BCUT2D eigenvalue weighted by Crippen LogP contribution is 2.45. The van der Waals surface area contributed by atoms with Crippen LogP contribution in [0.3, 0.4) is 0 Å².